The molecule has 0 saturated carbocycles. The number of hydrogen-bond acceptors (Lipinski definition) is 3. The Morgan fingerprint density at radius 2 is 1.68 bits per heavy atom. The number of hydrogen-bond donors (Lipinski definition) is 3. The number of amides is 2. The minimum atomic E-state index is -4.40. The molecule has 1 heterocycles. The fraction of sp³-hybridized carbons (Fsp3) is 0.0588. The number of anilines is 2. The Bertz CT molecular complexity index is 889. The molecule has 5 nitrogen and oxygen atoms in total. The standard InChI is InChI=1S/C17H13F3N4O/c18-17(19,20)12-5-7-13(8-6-12)23-24-16(25)22-15-14-4-2-1-3-11(14)9-10-21-15/h1-10,23H,(H2,21,22,24,25). The number of fused-ring (bicyclic) bond motifs is 1. The van der Waals surface area contributed by atoms with Crippen molar-refractivity contribution in [3.8, 4) is 0 Å². The molecule has 0 saturated heterocycles. The quantitative estimate of drug-likeness (QED) is 0.616. The van der Waals surface area contributed by atoms with E-state index in [-0.39, 0.29) is 0 Å². The first-order valence-corrected chi connectivity index (χ1v) is 7.27. The molecular formula is C17H13F3N4O. The van der Waals surface area contributed by atoms with Crippen LogP contribution in [0.3, 0.4) is 0 Å². The van der Waals surface area contributed by atoms with E-state index in [4.69, 9.17) is 0 Å². The highest BCUT2D eigenvalue weighted by atomic mass is 19.4. The van der Waals surface area contributed by atoms with Crippen molar-refractivity contribution in [1.82, 2.24) is 10.4 Å². The van der Waals surface area contributed by atoms with Crippen molar-refractivity contribution in [3.63, 3.8) is 0 Å². The summed E-state index contributed by atoms with van der Waals surface area (Å²) in [5.74, 6) is 0.379. The Balaban J connectivity index is 1.63. The van der Waals surface area contributed by atoms with E-state index in [0.29, 0.717) is 11.5 Å². The molecule has 128 valence electrons. The average molecular weight is 346 g/mol. The van der Waals surface area contributed by atoms with E-state index >= 15 is 0 Å². The van der Waals surface area contributed by atoms with Crippen LogP contribution in [0.2, 0.25) is 0 Å². The first kappa shape index (κ1) is 16.6. The molecule has 2 aromatic carbocycles. The number of halogens is 3. The van der Waals surface area contributed by atoms with Crippen LogP contribution in [0.1, 0.15) is 5.56 Å². The summed E-state index contributed by atoms with van der Waals surface area (Å²) >= 11 is 0. The Labute approximate surface area is 140 Å². The van der Waals surface area contributed by atoms with Gasteiger partial charge in [-0.3, -0.25) is 16.2 Å². The molecule has 0 spiro atoms. The maximum atomic E-state index is 12.5. The van der Waals surface area contributed by atoms with E-state index in [1.807, 2.05) is 30.3 Å². The van der Waals surface area contributed by atoms with Crippen molar-refractivity contribution in [1.29, 1.82) is 0 Å². The van der Waals surface area contributed by atoms with Gasteiger partial charge in [0, 0.05) is 11.6 Å². The van der Waals surface area contributed by atoms with Crippen molar-refractivity contribution < 1.29 is 18.0 Å². The fourth-order valence-electron chi connectivity index (χ4n) is 2.23. The maximum absolute atomic E-state index is 12.5. The molecule has 0 unspecified atom stereocenters. The van der Waals surface area contributed by atoms with Gasteiger partial charge in [-0.05, 0) is 35.7 Å². The number of alkyl halides is 3. The number of benzene rings is 2. The summed E-state index contributed by atoms with van der Waals surface area (Å²) in [5.41, 5.74) is 4.44. The van der Waals surface area contributed by atoms with Gasteiger partial charge in [-0.25, -0.2) is 9.78 Å². The average Bonchev–Trinajstić information content (AvgIpc) is 2.60. The van der Waals surface area contributed by atoms with Crippen molar-refractivity contribution >= 4 is 28.3 Å². The molecule has 3 aromatic rings. The monoisotopic (exact) mass is 346 g/mol. The molecule has 0 aliphatic heterocycles. The molecule has 25 heavy (non-hydrogen) atoms. The molecule has 0 atom stereocenters. The second kappa shape index (κ2) is 6.68. The van der Waals surface area contributed by atoms with E-state index in [1.165, 1.54) is 12.1 Å². The van der Waals surface area contributed by atoms with Gasteiger partial charge in [-0.15, -0.1) is 0 Å². The van der Waals surface area contributed by atoms with Crippen LogP contribution < -0.4 is 16.2 Å². The summed E-state index contributed by atoms with van der Waals surface area (Å²) in [6.07, 6.45) is -2.83. The summed E-state index contributed by atoms with van der Waals surface area (Å²) in [4.78, 5) is 16.1. The van der Waals surface area contributed by atoms with Crippen LogP contribution in [0, 0.1) is 0 Å². The summed E-state index contributed by atoms with van der Waals surface area (Å²) in [6.45, 7) is 0. The third kappa shape index (κ3) is 3.97. The van der Waals surface area contributed by atoms with Gasteiger partial charge in [0.25, 0.3) is 0 Å². The van der Waals surface area contributed by atoms with Gasteiger partial charge < -0.3 is 0 Å². The van der Waals surface area contributed by atoms with E-state index in [0.717, 1.165) is 22.9 Å². The molecule has 2 amide bonds. The van der Waals surface area contributed by atoms with Gasteiger partial charge in [0.05, 0.1) is 11.3 Å². The minimum Gasteiger partial charge on any atom is -0.297 e. The van der Waals surface area contributed by atoms with Crippen LogP contribution in [0.5, 0.6) is 0 Å². The van der Waals surface area contributed by atoms with Gasteiger partial charge in [-0.2, -0.15) is 13.2 Å². The zero-order valence-corrected chi connectivity index (χ0v) is 12.8. The van der Waals surface area contributed by atoms with Crippen molar-refractivity contribution in [3.05, 3.63) is 66.4 Å². The number of urea groups is 1. The molecule has 0 fully saturated rings. The van der Waals surface area contributed by atoms with Crippen molar-refractivity contribution in [2.45, 2.75) is 6.18 Å². The molecule has 3 N–H and O–H groups in total. The number of hydrazine groups is 1. The van der Waals surface area contributed by atoms with E-state index in [1.54, 1.807) is 6.20 Å². The van der Waals surface area contributed by atoms with Crippen LogP contribution in [0.4, 0.5) is 29.5 Å². The molecule has 0 aliphatic carbocycles. The first-order chi connectivity index (χ1) is 11.9. The number of rotatable bonds is 3. The van der Waals surface area contributed by atoms with E-state index in [9.17, 15) is 18.0 Å². The van der Waals surface area contributed by atoms with Crippen LogP contribution >= 0.6 is 0 Å². The van der Waals surface area contributed by atoms with Gasteiger partial charge in [0.1, 0.15) is 5.82 Å². The second-order valence-electron chi connectivity index (χ2n) is 5.16. The van der Waals surface area contributed by atoms with E-state index < -0.39 is 17.8 Å². The molecular weight excluding hydrogens is 333 g/mol. The van der Waals surface area contributed by atoms with Gasteiger partial charge in [-0.1, -0.05) is 24.3 Å². The molecule has 0 bridgehead atoms. The summed E-state index contributed by atoms with van der Waals surface area (Å²) in [6, 6.07) is 12.9. The lowest BCUT2D eigenvalue weighted by molar-refractivity contribution is -0.137. The van der Waals surface area contributed by atoms with Crippen LogP contribution in [0.15, 0.2) is 60.8 Å². The highest BCUT2D eigenvalue weighted by Gasteiger charge is 2.29. The number of nitrogens with one attached hydrogen (secondary N) is 3. The predicted octanol–water partition coefficient (Wildman–Crippen LogP) is 4.40. The van der Waals surface area contributed by atoms with Crippen molar-refractivity contribution in [2.24, 2.45) is 0 Å². The first-order valence-electron chi connectivity index (χ1n) is 7.27. The Kier molecular flexibility index (Phi) is 4.42. The lowest BCUT2D eigenvalue weighted by Crippen LogP contribution is -2.33. The Hall–Kier alpha value is -3.29. The number of carbonyl (C=O) groups excluding carboxylic acids is 1. The summed E-state index contributed by atoms with van der Waals surface area (Å²) < 4.78 is 37.5. The predicted molar refractivity (Wildman–Crippen MR) is 89.0 cm³/mol. The smallest absolute Gasteiger partial charge is 0.297 e. The Morgan fingerprint density at radius 1 is 0.960 bits per heavy atom. The molecule has 8 heteroatoms. The van der Waals surface area contributed by atoms with Gasteiger partial charge >= 0.3 is 12.2 Å². The number of carbonyl (C=O) groups is 1. The van der Waals surface area contributed by atoms with Gasteiger partial charge in [0.2, 0.25) is 0 Å². The highest BCUT2D eigenvalue weighted by Crippen LogP contribution is 2.29. The normalized spacial score (nSPS) is 11.2. The topological polar surface area (TPSA) is 66.1 Å². The third-order valence-corrected chi connectivity index (χ3v) is 3.44. The molecule has 3 rings (SSSR count). The third-order valence-electron chi connectivity index (χ3n) is 3.44. The molecule has 1 aromatic heterocycles. The highest BCUT2D eigenvalue weighted by molar-refractivity contribution is 5.99. The zero-order valence-electron chi connectivity index (χ0n) is 12.8. The number of nitrogens with zero attached hydrogens (tertiary/aromatic N) is 1. The summed E-state index contributed by atoms with van der Waals surface area (Å²) in [7, 11) is 0. The van der Waals surface area contributed by atoms with Crippen LogP contribution in [-0.2, 0) is 6.18 Å². The lowest BCUT2D eigenvalue weighted by atomic mass is 10.1. The van der Waals surface area contributed by atoms with Crippen LogP contribution in [-0.4, -0.2) is 11.0 Å². The number of aromatic nitrogens is 1. The van der Waals surface area contributed by atoms with E-state index in [2.05, 4.69) is 21.2 Å². The SMILES string of the molecule is O=C(NNc1ccc(C(F)(F)F)cc1)Nc1nccc2ccccc12. The summed E-state index contributed by atoms with van der Waals surface area (Å²) in [5, 5.41) is 4.28. The fourth-order valence-corrected chi connectivity index (χ4v) is 2.23. The maximum Gasteiger partial charge on any atom is 0.416 e. The lowest BCUT2D eigenvalue weighted by Gasteiger charge is -2.12. The van der Waals surface area contributed by atoms with Gasteiger partial charge in [0.15, 0.2) is 0 Å². The number of pyridine rings is 1. The largest absolute Gasteiger partial charge is 0.416 e. The van der Waals surface area contributed by atoms with Crippen molar-refractivity contribution in [2.75, 3.05) is 10.7 Å². The zero-order chi connectivity index (χ0) is 17.9. The molecule has 0 aliphatic rings. The van der Waals surface area contributed by atoms with Crippen LogP contribution in [0.25, 0.3) is 10.8 Å². The second-order valence-corrected chi connectivity index (χ2v) is 5.16. The Morgan fingerprint density at radius 3 is 2.40 bits per heavy atom. The minimum absolute atomic E-state index is 0.314. The molecule has 0 radical (unpaired) electrons.